The summed E-state index contributed by atoms with van der Waals surface area (Å²) in [6.45, 7) is 3.34. The average Bonchev–Trinajstić information content (AvgIpc) is 2.52. The fraction of sp³-hybridized carbons (Fsp3) is 0.500. The molecule has 8 heteroatoms. The number of aliphatic imine (C=N–C) groups is 2. The van der Waals surface area contributed by atoms with E-state index in [-0.39, 0.29) is 12.1 Å². The Labute approximate surface area is 107 Å². The van der Waals surface area contributed by atoms with Gasteiger partial charge in [0.25, 0.3) is 5.91 Å². The van der Waals surface area contributed by atoms with Crippen LogP contribution in [0.2, 0.25) is 0 Å². The molecule has 0 atom stereocenters. The highest BCUT2D eigenvalue weighted by molar-refractivity contribution is 8.13. The van der Waals surface area contributed by atoms with E-state index in [2.05, 4.69) is 16.7 Å². The van der Waals surface area contributed by atoms with Gasteiger partial charge >= 0.3 is 6.18 Å². The van der Waals surface area contributed by atoms with Crippen LogP contribution in [0.5, 0.6) is 0 Å². The number of hydrogen-bond donors (Lipinski definition) is 0. The maximum atomic E-state index is 12.2. The third kappa shape index (κ3) is 3.59. The molecule has 0 aliphatic carbocycles. The largest absolute Gasteiger partial charge is 0.406 e. The number of hydrogen-bond acceptors (Lipinski definition) is 3. The zero-order chi connectivity index (χ0) is 13.9. The van der Waals surface area contributed by atoms with Crippen molar-refractivity contribution in [1.82, 2.24) is 4.90 Å². The van der Waals surface area contributed by atoms with E-state index in [0.29, 0.717) is 10.9 Å². The Morgan fingerprint density at radius 3 is 2.61 bits per heavy atom. The molecule has 0 unspecified atom stereocenters. The predicted octanol–water partition coefficient (Wildman–Crippen LogP) is 2.08. The van der Waals surface area contributed by atoms with Crippen molar-refractivity contribution in [3.05, 3.63) is 11.3 Å². The van der Waals surface area contributed by atoms with Gasteiger partial charge in [-0.1, -0.05) is 11.8 Å². The number of amides is 1. The highest BCUT2D eigenvalue weighted by Crippen LogP contribution is 2.25. The number of carbonyl (C=O) groups excluding carboxylic acids is 1. The van der Waals surface area contributed by atoms with Crippen LogP contribution in [-0.4, -0.2) is 48.2 Å². The van der Waals surface area contributed by atoms with Crippen LogP contribution in [0, 0.1) is 0 Å². The van der Waals surface area contributed by atoms with Gasteiger partial charge in [-0.25, -0.2) is 9.98 Å². The number of halogens is 3. The van der Waals surface area contributed by atoms with Gasteiger partial charge in [0.1, 0.15) is 6.54 Å². The molecular formula is C10H12F3N3OS. The van der Waals surface area contributed by atoms with Crippen molar-refractivity contribution in [3.8, 4) is 0 Å². The molecule has 0 aromatic carbocycles. The standard InChI is InChI=1S/C10H12F3N3OS/c1-6-7(15-9(14-2)18-3)4-16(8(6)17)5-10(11,12)13/h2,4-5H2,1,3H3. The van der Waals surface area contributed by atoms with Gasteiger partial charge in [0.05, 0.1) is 12.2 Å². The number of rotatable bonds is 2. The van der Waals surface area contributed by atoms with Crippen molar-refractivity contribution < 1.29 is 18.0 Å². The van der Waals surface area contributed by atoms with E-state index in [4.69, 9.17) is 0 Å². The van der Waals surface area contributed by atoms with Crippen LogP contribution in [0.1, 0.15) is 6.92 Å². The molecule has 1 aliphatic rings. The lowest BCUT2D eigenvalue weighted by Crippen LogP contribution is -2.36. The molecule has 1 heterocycles. The molecule has 0 saturated carbocycles. The minimum atomic E-state index is -4.41. The van der Waals surface area contributed by atoms with Crippen LogP contribution in [0.3, 0.4) is 0 Å². The maximum absolute atomic E-state index is 12.2. The zero-order valence-corrected chi connectivity index (χ0v) is 10.7. The van der Waals surface area contributed by atoms with Gasteiger partial charge < -0.3 is 4.90 Å². The zero-order valence-electron chi connectivity index (χ0n) is 9.91. The lowest BCUT2D eigenvalue weighted by atomic mass is 10.3. The summed E-state index contributed by atoms with van der Waals surface area (Å²) in [4.78, 5) is 19.9. The van der Waals surface area contributed by atoms with Crippen molar-refractivity contribution in [2.45, 2.75) is 13.1 Å². The van der Waals surface area contributed by atoms with Gasteiger partial charge in [-0.2, -0.15) is 13.2 Å². The molecule has 0 spiro atoms. The van der Waals surface area contributed by atoms with Crippen LogP contribution in [-0.2, 0) is 4.79 Å². The predicted molar refractivity (Wildman–Crippen MR) is 65.8 cm³/mol. The fourth-order valence-corrected chi connectivity index (χ4v) is 1.79. The molecule has 0 saturated heterocycles. The molecular weight excluding hydrogens is 267 g/mol. The first-order valence-corrected chi connectivity index (χ1v) is 6.16. The summed E-state index contributed by atoms with van der Waals surface area (Å²) in [5.74, 6) is -0.643. The number of thioether (sulfide) groups is 1. The molecule has 0 N–H and O–H groups in total. The summed E-state index contributed by atoms with van der Waals surface area (Å²) in [7, 11) is 0. The van der Waals surface area contributed by atoms with E-state index >= 15 is 0 Å². The van der Waals surface area contributed by atoms with E-state index < -0.39 is 18.6 Å². The van der Waals surface area contributed by atoms with Crippen LogP contribution in [0.4, 0.5) is 13.2 Å². The highest BCUT2D eigenvalue weighted by Gasteiger charge is 2.37. The molecule has 1 rings (SSSR count). The Bertz CT molecular complexity index is 429. The number of carbonyl (C=O) groups is 1. The summed E-state index contributed by atoms with van der Waals surface area (Å²) >= 11 is 1.21. The average molecular weight is 279 g/mol. The van der Waals surface area contributed by atoms with E-state index in [9.17, 15) is 18.0 Å². The molecule has 0 aromatic rings. The van der Waals surface area contributed by atoms with Gasteiger partial charge in [-0.3, -0.25) is 4.79 Å². The molecule has 1 aliphatic heterocycles. The molecule has 18 heavy (non-hydrogen) atoms. The van der Waals surface area contributed by atoms with Crippen LogP contribution >= 0.6 is 11.8 Å². The molecule has 0 bridgehead atoms. The highest BCUT2D eigenvalue weighted by atomic mass is 32.2. The monoisotopic (exact) mass is 279 g/mol. The fourth-order valence-electron chi connectivity index (χ4n) is 1.46. The first-order valence-electron chi connectivity index (χ1n) is 4.93. The van der Waals surface area contributed by atoms with Gasteiger partial charge in [-0.15, -0.1) is 0 Å². The molecule has 4 nitrogen and oxygen atoms in total. The lowest BCUT2D eigenvalue weighted by Gasteiger charge is -2.17. The summed E-state index contributed by atoms with van der Waals surface area (Å²) < 4.78 is 36.7. The smallest absolute Gasteiger partial charge is 0.324 e. The minimum Gasteiger partial charge on any atom is -0.324 e. The van der Waals surface area contributed by atoms with Crippen molar-refractivity contribution >= 4 is 29.6 Å². The Kier molecular flexibility index (Phi) is 4.55. The molecule has 1 amide bonds. The van der Waals surface area contributed by atoms with Crippen LogP contribution < -0.4 is 0 Å². The Morgan fingerprint density at radius 2 is 2.17 bits per heavy atom. The summed E-state index contributed by atoms with van der Waals surface area (Å²) in [5.41, 5.74) is 0.524. The van der Waals surface area contributed by atoms with Crippen molar-refractivity contribution in [3.63, 3.8) is 0 Å². The summed E-state index contributed by atoms with van der Waals surface area (Å²) in [6.07, 6.45) is -2.69. The van der Waals surface area contributed by atoms with Gasteiger partial charge in [-0.05, 0) is 19.9 Å². The number of nitrogens with zero attached hydrogens (tertiary/aromatic N) is 3. The molecule has 100 valence electrons. The minimum absolute atomic E-state index is 0.149. The third-order valence-electron chi connectivity index (χ3n) is 2.30. The molecule has 0 aromatic heterocycles. The van der Waals surface area contributed by atoms with Crippen molar-refractivity contribution in [2.24, 2.45) is 9.98 Å². The Balaban J connectivity index is 2.88. The maximum Gasteiger partial charge on any atom is 0.406 e. The first kappa shape index (κ1) is 14.7. The van der Waals surface area contributed by atoms with Crippen LogP contribution in [0.25, 0.3) is 0 Å². The third-order valence-corrected chi connectivity index (χ3v) is 2.89. The number of amidine groups is 1. The normalized spacial score (nSPS) is 17.7. The summed E-state index contributed by atoms with van der Waals surface area (Å²) in [6, 6.07) is 0. The first-order chi connectivity index (χ1) is 8.28. The van der Waals surface area contributed by atoms with Gasteiger partial charge in [0.15, 0.2) is 5.17 Å². The van der Waals surface area contributed by atoms with E-state index in [1.54, 1.807) is 6.26 Å². The molecule has 0 fully saturated rings. The van der Waals surface area contributed by atoms with Crippen molar-refractivity contribution in [1.29, 1.82) is 0 Å². The Morgan fingerprint density at radius 1 is 1.56 bits per heavy atom. The SMILES string of the molecule is C=NC(=NC1=C(C)C(=O)N(CC(F)(F)F)C1)SC. The lowest BCUT2D eigenvalue weighted by molar-refractivity contribution is -0.156. The van der Waals surface area contributed by atoms with Gasteiger partial charge in [0.2, 0.25) is 0 Å². The summed E-state index contributed by atoms with van der Waals surface area (Å²) in [5, 5.41) is 0.325. The van der Waals surface area contributed by atoms with Crippen molar-refractivity contribution in [2.75, 3.05) is 19.3 Å². The topological polar surface area (TPSA) is 45.0 Å². The second kappa shape index (κ2) is 5.55. The second-order valence-corrected chi connectivity index (χ2v) is 4.38. The van der Waals surface area contributed by atoms with Gasteiger partial charge in [0, 0.05) is 5.57 Å². The second-order valence-electron chi connectivity index (χ2n) is 3.60. The van der Waals surface area contributed by atoms with E-state index in [1.807, 2.05) is 0 Å². The number of alkyl halides is 3. The van der Waals surface area contributed by atoms with E-state index in [0.717, 1.165) is 4.90 Å². The quantitative estimate of drug-likeness (QED) is 0.574. The molecule has 0 radical (unpaired) electrons. The Hall–Kier alpha value is -1.31. The van der Waals surface area contributed by atoms with E-state index in [1.165, 1.54) is 18.7 Å². The van der Waals surface area contributed by atoms with Crippen LogP contribution in [0.15, 0.2) is 21.3 Å².